The second-order valence-electron chi connectivity index (χ2n) is 5.70. The zero-order chi connectivity index (χ0) is 18.7. The number of hydrogen-bond donors (Lipinski definition) is 0. The molecule has 0 spiro atoms. The predicted molar refractivity (Wildman–Crippen MR) is 87.1 cm³/mol. The van der Waals surface area contributed by atoms with Crippen molar-refractivity contribution in [3.63, 3.8) is 0 Å². The van der Waals surface area contributed by atoms with Gasteiger partial charge in [-0.1, -0.05) is 0 Å². The number of hydrogen-bond acceptors (Lipinski definition) is 5. The van der Waals surface area contributed by atoms with Crippen LogP contribution in [0.25, 0.3) is 0 Å². The Bertz CT molecular complexity index is 864. The number of pyridine rings is 1. The van der Waals surface area contributed by atoms with Gasteiger partial charge < -0.3 is 4.90 Å². The highest BCUT2D eigenvalue weighted by molar-refractivity contribution is 7.89. The fourth-order valence-corrected chi connectivity index (χ4v) is 4.05. The number of amides is 1. The standard InChI is InChI=1S/C15H17F2N5O3S/c16-14(17)11-21-5-3-13(19-21)15(23)20-6-8-22(9-7-20)26(24,25)12-2-1-4-18-10-12/h1-5,10,14H,6-9,11H2. The Morgan fingerprint density at radius 1 is 1.19 bits per heavy atom. The van der Waals surface area contributed by atoms with E-state index in [1.165, 1.54) is 39.9 Å². The number of alkyl halides is 2. The van der Waals surface area contributed by atoms with Gasteiger partial charge in [0, 0.05) is 44.8 Å². The molecule has 0 unspecified atom stereocenters. The van der Waals surface area contributed by atoms with Crippen molar-refractivity contribution in [2.24, 2.45) is 0 Å². The van der Waals surface area contributed by atoms with Crippen molar-refractivity contribution in [1.82, 2.24) is 24.0 Å². The van der Waals surface area contributed by atoms with Crippen molar-refractivity contribution in [3.8, 4) is 0 Å². The molecule has 1 aliphatic heterocycles. The lowest BCUT2D eigenvalue weighted by molar-refractivity contribution is 0.0688. The molecular formula is C15H17F2N5O3S. The molecule has 0 aliphatic carbocycles. The molecule has 0 bridgehead atoms. The average Bonchev–Trinajstić information content (AvgIpc) is 3.09. The monoisotopic (exact) mass is 385 g/mol. The van der Waals surface area contributed by atoms with E-state index in [0.29, 0.717) is 0 Å². The Hall–Kier alpha value is -2.40. The average molecular weight is 385 g/mol. The fraction of sp³-hybridized carbons (Fsp3) is 0.400. The van der Waals surface area contributed by atoms with E-state index in [1.54, 1.807) is 6.07 Å². The highest BCUT2D eigenvalue weighted by Gasteiger charge is 2.31. The summed E-state index contributed by atoms with van der Waals surface area (Å²) in [5.41, 5.74) is 0.0641. The maximum absolute atomic E-state index is 12.5. The van der Waals surface area contributed by atoms with Gasteiger partial charge in [0.25, 0.3) is 12.3 Å². The second-order valence-corrected chi connectivity index (χ2v) is 7.64. The van der Waals surface area contributed by atoms with Crippen LogP contribution in [0.5, 0.6) is 0 Å². The van der Waals surface area contributed by atoms with Crippen LogP contribution in [0.1, 0.15) is 10.5 Å². The highest BCUT2D eigenvalue weighted by atomic mass is 32.2. The Balaban J connectivity index is 1.63. The van der Waals surface area contributed by atoms with Crippen LogP contribution in [-0.4, -0.2) is 70.9 Å². The molecule has 26 heavy (non-hydrogen) atoms. The molecule has 2 aromatic rings. The van der Waals surface area contributed by atoms with Crippen molar-refractivity contribution in [2.75, 3.05) is 26.2 Å². The molecule has 0 radical (unpaired) electrons. The van der Waals surface area contributed by atoms with Crippen LogP contribution in [0.15, 0.2) is 41.7 Å². The Morgan fingerprint density at radius 3 is 2.54 bits per heavy atom. The van der Waals surface area contributed by atoms with E-state index >= 15 is 0 Å². The van der Waals surface area contributed by atoms with Crippen molar-refractivity contribution >= 4 is 15.9 Å². The third-order valence-electron chi connectivity index (χ3n) is 3.98. The third-order valence-corrected chi connectivity index (χ3v) is 5.87. The van der Waals surface area contributed by atoms with Crippen LogP contribution in [0, 0.1) is 0 Å². The van der Waals surface area contributed by atoms with Gasteiger partial charge in [-0.15, -0.1) is 0 Å². The van der Waals surface area contributed by atoms with Crippen LogP contribution < -0.4 is 0 Å². The zero-order valence-electron chi connectivity index (χ0n) is 13.7. The molecule has 0 aromatic carbocycles. The quantitative estimate of drug-likeness (QED) is 0.756. The molecule has 0 N–H and O–H groups in total. The maximum Gasteiger partial charge on any atom is 0.274 e. The SMILES string of the molecule is O=C(c1ccn(CC(F)F)n1)N1CCN(S(=O)(=O)c2cccnc2)CC1. The van der Waals surface area contributed by atoms with Gasteiger partial charge in [-0.2, -0.15) is 9.40 Å². The molecular weight excluding hydrogens is 368 g/mol. The first-order valence-corrected chi connectivity index (χ1v) is 9.33. The number of carbonyl (C=O) groups is 1. The molecule has 3 heterocycles. The molecule has 3 rings (SSSR count). The first-order chi connectivity index (χ1) is 12.4. The highest BCUT2D eigenvalue weighted by Crippen LogP contribution is 2.17. The second kappa shape index (κ2) is 7.46. The van der Waals surface area contributed by atoms with Gasteiger partial charge in [0.2, 0.25) is 10.0 Å². The van der Waals surface area contributed by atoms with E-state index in [2.05, 4.69) is 10.1 Å². The summed E-state index contributed by atoms with van der Waals surface area (Å²) < 4.78 is 52.1. The molecule has 1 aliphatic rings. The molecule has 140 valence electrons. The number of piperazine rings is 1. The lowest BCUT2D eigenvalue weighted by atomic mass is 10.3. The minimum Gasteiger partial charge on any atom is -0.335 e. The van der Waals surface area contributed by atoms with Crippen LogP contribution in [0.3, 0.4) is 0 Å². The van der Waals surface area contributed by atoms with Crippen LogP contribution in [0.4, 0.5) is 8.78 Å². The molecule has 1 amide bonds. The number of halogens is 2. The Morgan fingerprint density at radius 2 is 1.92 bits per heavy atom. The minimum atomic E-state index is -3.66. The van der Waals surface area contributed by atoms with Crippen molar-refractivity contribution in [3.05, 3.63) is 42.5 Å². The van der Waals surface area contributed by atoms with E-state index in [-0.39, 0.29) is 36.8 Å². The molecule has 8 nitrogen and oxygen atoms in total. The summed E-state index contributed by atoms with van der Waals surface area (Å²) in [4.78, 5) is 17.8. The third kappa shape index (κ3) is 3.88. The van der Waals surface area contributed by atoms with Gasteiger partial charge in [0.1, 0.15) is 17.1 Å². The van der Waals surface area contributed by atoms with Gasteiger partial charge >= 0.3 is 0 Å². The normalized spacial score (nSPS) is 16.2. The summed E-state index contributed by atoms with van der Waals surface area (Å²) in [5.74, 6) is -0.406. The van der Waals surface area contributed by atoms with Gasteiger partial charge in [0.15, 0.2) is 0 Å². The zero-order valence-corrected chi connectivity index (χ0v) is 14.5. The predicted octanol–water partition coefficient (Wildman–Crippen LogP) is 0.690. The van der Waals surface area contributed by atoms with Crippen LogP contribution in [-0.2, 0) is 16.6 Å². The van der Waals surface area contributed by atoms with Crippen molar-refractivity contribution < 1.29 is 22.0 Å². The molecule has 0 atom stereocenters. The smallest absolute Gasteiger partial charge is 0.274 e. The molecule has 1 fully saturated rings. The number of carbonyl (C=O) groups excluding carboxylic acids is 1. The number of nitrogens with zero attached hydrogens (tertiary/aromatic N) is 5. The van der Waals surface area contributed by atoms with E-state index in [4.69, 9.17) is 0 Å². The van der Waals surface area contributed by atoms with Gasteiger partial charge in [-0.3, -0.25) is 14.5 Å². The minimum absolute atomic E-state index is 0.0641. The lowest BCUT2D eigenvalue weighted by Gasteiger charge is -2.33. The van der Waals surface area contributed by atoms with E-state index in [9.17, 15) is 22.0 Å². The molecule has 0 saturated carbocycles. The first kappa shape index (κ1) is 18.4. The van der Waals surface area contributed by atoms with Crippen LogP contribution >= 0.6 is 0 Å². The van der Waals surface area contributed by atoms with Gasteiger partial charge in [-0.05, 0) is 18.2 Å². The largest absolute Gasteiger partial charge is 0.335 e. The first-order valence-electron chi connectivity index (χ1n) is 7.89. The maximum atomic E-state index is 12.5. The summed E-state index contributed by atoms with van der Waals surface area (Å²) >= 11 is 0. The topological polar surface area (TPSA) is 88.4 Å². The van der Waals surface area contributed by atoms with E-state index in [1.807, 2.05) is 0 Å². The fourth-order valence-electron chi connectivity index (χ4n) is 2.66. The number of rotatable bonds is 5. The Kier molecular flexibility index (Phi) is 5.28. The van der Waals surface area contributed by atoms with Crippen molar-refractivity contribution in [2.45, 2.75) is 17.9 Å². The lowest BCUT2D eigenvalue weighted by Crippen LogP contribution is -2.50. The van der Waals surface area contributed by atoms with E-state index in [0.717, 1.165) is 4.68 Å². The Labute approximate surface area is 149 Å². The summed E-state index contributed by atoms with van der Waals surface area (Å²) in [6, 6.07) is 4.39. The van der Waals surface area contributed by atoms with Gasteiger partial charge in [-0.25, -0.2) is 17.2 Å². The molecule has 1 saturated heterocycles. The van der Waals surface area contributed by atoms with Gasteiger partial charge in [0.05, 0.1) is 0 Å². The van der Waals surface area contributed by atoms with E-state index < -0.39 is 28.9 Å². The summed E-state index contributed by atoms with van der Waals surface area (Å²) in [6.07, 6.45) is 1.53. The molecule has 11 heteroatoms. The number of aromatic nitrogens is 3. The summed E-state index contributed by atoms with van der Waals surface area (Å²) in [6.45, 7) is 0.0892. The molecule has 2 aromatic heterocycles. The summed E-state index contributed by atoms with van der Waals surface area (Å²) in [7, 11) is -3.66. The van der Waals surface area contributed by atoms with Crippen LogP contribution in [0.2, 0.25) is 0 Å². The number of sulfonamides is 1. The van der Waals surface area contributed by atoms with Crippen molar-refractivity contribution in [1.29, 1.82) is 0 Å². The summed E-state index contributed by atoms with van der Waals surface area (Å²) in [5, 5.41) is 3.85.